The molecule has 0 saturated carbocycles. The molecule has 19 heavy (non-hydrogen) atoms. The van der Waals surface area contributed by atoms with Gasteiger partial charge in [-0.05, 0) is 5.56 Å². The minimum Gasteiger partial charge on any atom is -1.00 e. The Morgan fingerprint density at radius 3 is 2.32 bits per heavy atom. The summed E-state index contributed by atoms with van der Waals surface area (Å²) < 4.78 is 11.6. The summed E-state index contributed by atoms with van der Waals surface area (Å²) in [5, 5.41) is 0. The fourth-order valence-electron chi connectivity index (χ4n) is 1.46. The van der Waals surface area contributed by atoms with E-state index in [-0.39, 0.29) is 19.0 Å². The van der Waals surface area contributed by atoms with Crippen LogP contribution in [0.5, 0.6) is 5.75 Å². The second-order valence-electron chi connectivity index (χ2n) is 3.69. The van der Waals surface area contributed by atoms with E-state index in [4.69, 9.17) is 9.47 Å². The molecule has 100 valence electrons. The zero-order chi connectivity index (χ0) is 12.8. The molecule has 1 aromatic carbocycles. The van der Waals surface area contributed by atoms with Crippen molar-refractivity contribution in [2.75, 3.05) is 7.11 Å². The SMILES string of the molecule is COc1cc[n+](C(=O)OCc2ccccc2)cc1.[Cl-]. The van der Waals surface area contributed by atoms with Crippen molar-refractivity contribution in [2.24, 2.45) is 0 Å². The zero-order valence-corrected chi connectivity index (χ0v) is 11.2. The second-order valence-corrected chi connectivity index (χ2v) is 3.69. The van der Waals surface area contributed by atoms with Crippen LogP contribution in [0.25, 0.3) is 0 Å². The first-order valence-electron chi connectivity index (χ1n) is 5.56. The first kappa shape index (κ1) is 15.0. The molecule has 5 heteroatoms. The van der Waals surface area contributed by atoms with Crippen molar-refractivity contribution in [3.8, 4) is 5.75 Å². The van der Waals surface area contributed by atoms with Crippen LogP contribution in [0.2, 0.25) is 0 Å². The summed E-state index contributed by atoms with van der Waals surface area (Å²) in [7, 11) is 1.58. The van der Waals surface area contributed by atoms with E-state index in [0.717, 1.165) is 5.56 Å². The number of methoxy groups -OCH3 is 1. The van der Waals surface area contributed by atoms with Gasteiger partial charge in [0.15, 0.2) is 12.4 Å². The third-order valence-electron chi connectivity index (χ3n) is 2.45. The van der Waals surface area contributed by atoms with E-state index in [0.29, 0.717) is 5.75 Å². The number of carbonyl (C=O) groups is 1. The van der Waals surface area contributed by atoms with Gasteiger partial charge in [-0.2, -0.15) is 4.79 Å². The van der Waals surface area contributed by atoms with Gasteiger partial charge in [0.05, 0.1) is 7.11 Å². The first-order valence-corrected chi connectivity index (χ1v) is 5.56. The Morgan fingerprint density at radius 1 is 1.11 bits per heavy atom. The highest BCUT2D eigenvalue weighted by Gasteiger charge is 2.15. The van der Waals surface area contributed by atoms with Crippen LogP contribution in [0.1, 0.15) is 5.56 Å². The average Bonchev–Trinajstić information content (AvgIpc) is 2.46. The third kappa shape index (κ3) is 4.26. The summed E-state index contributed by atoms with van der Waals surface area (Å²) >= 11 is 0. The molecule has 0 N–H and O–H groups in total. The molecule has 0 atom stereocenters. The minimum atomic E-state index is -0.415. The molecule has 4 nitrogen and oxygen atoms in total. The summed E-state index contributed by atoms with van der Waals surface area (Å²) in [5.74, 6) is 0.696. The number of rotatable bonds is 3. The van der Waals surface area contributed by atoms with E-state index >= 15 is 0 Å². The standard InChI is InChI=1S/C14H14NO3.ClH/c1-17-13-7-9-15(10-8-13)14(16)18-11-12-5-3-2-4-6-12;/h2-10H,11H2,1H3;1H/q+1;/p-1. The highest BCUT2D eigenvalue weighted by atomic mass is 35.5. The maximum atomic E-state index is 11.7. The van der Waals surface area contributed by atoms with E-state index in [1.54, 1.807) is 31.6 Å². The number of hydrogen-bond donors (Lipinski definition) is 0. The highest BCUT2D eigenvalue weighted by molar-refractivity contribution is 5.56. The van der Waals surface area contributed by atoms with Crippen LogP contribution < -0.4 is 21.7 Å². The van der Waals surface area contributed by atoms with Gasteiger partial charge in [-0.15, -0.1) is 0 Å². The van der Waals surface area contributed by atoms with Gasteiger partial charge < -0.3 is 21.9 Å². The third-order valence-corrected chi connectivity index (χ3v) is 2.45. The van der Waals surface area contributed by atoms with Crippen molar-refractivity contribution in [2.45, 2.75) is 6.61 Å². The molecule has 0 fully saturated rings. The lowest BCUT2D eigenvalue weighted by atomic mass is 10.2. The Balaban J connectivity index is 0.00000180. The van der Waals surface area contributed by atoms with Crippen LogP contribution in [-0.4, -0.2) is 13.2 Å². The molecular weight excluding hydrogens is 266 g/mol. The summed E-state index contributed by atoms with van der Waals surface area (Å²) in [6.45, 7) is 0.263. The molecule has 0 amide bonds. The van der Waals surface area contributed by atoms with Gasteiger partial charge in [-0.3, -0.25) is 0 Å². The van der Waals surface area contributed by atoms with E-state index < -0.39 is 6.09 Å². The lowest BCUT2D eigenvalue weighted by Gasteiger charge is -2.00. The van der Waals surface area contributed by atoms with Crippen molar-refractivity contribution in [3.63, 3.8) is 0 Å². The van der Waals surface area contributed by atoms with Gasteiger partial charge in [-0.25, -0.2) is 0 Å². The molecule has 0 unspecified atom stereocenters. The fraction of sp³-hybridized carbons (Fsp3) is 0.143. The molecule has 1 aromatic heterocycles. The Kier molecular flexibility index (Phi) is 5.82. The number of ether oxygens (including phenoxy) is 2. The fourth-order valence-corrected chi connectivity index (χ4v) is 1.46. The van der Waals surface area contributed by atoms with E-state index in [1.165, 1.54) is 4.57 Å². The van der Waals surface area contributed by atoms with Crippen molar-refractivity contribution >= 4 is 6.09 Å². The predicted octanol–water partition coefficient (Wildman–Crippen LogP) is -0.828. The monoisotopic (exact) mass is 279 g/mol. The summed E-state index contributed by atoms with van der Waals surface area (Å²) in [6, 6.07) is 12.9. The number of halogens is 1. The summed E-state index contributed by atoms with van der Waals surface area (Å²) in [5.41, 5.74) is 0.958. The van der Waals surface area contributed by atoms with Crippen molar-refractivity contribution in [1.29, 1.82) is 0 Å². The normalized spacial score (nSPS) is 9.32. The Bertz CT molecular complexity index is 514. The van der Waals surface area contributed by atoms with Gasteiger partial charge >= 0.3 is 6.09 Å². The first-order chi connectivity index (χ1) is 8.79. The van der Waals surface area contributed by atoms with Crippen LogP contribution in [0, 0.1) is 0 Å². The maximum Gasteiger partial charge on any atom is 0.602 e. The van der Waals surface area contributed by atoms with Crippen LogP contribution in [0.3, 0.4) is 0 Å². The molecule has 2 rings (SSSR count). The van der Waals surface area contributed by atoms with Crippen LogP contribution in [0.15, 0.2) is 54.9 Å². The molecule has 0 spiro atoms. The maximum absolute atomic E-state index is 11.7. The molecular formula is C14H14ClNO3. The largest absolute Gasteiger partial charge is 1.00 e. The second kappa shape index (κ2) is 7.38. The number of aromatic nitrogens is 1. The minimum absolute atomic E-state index is 0. The molecule has 2 aromatic rings. The summed E-state index contributed by atoms with van der Waals surface area (Å²) in [4.78, 5) is 11.7. The number of carbonyl (C=O) groups excluding carboxylic acids is 1. The van der Waals surface area contributed by atoms with Crippen molar-refractivity contribution in [3.05, 3.63) is 60.4 Å². The van der Waals surface area contributed by atoms with Gasteiger partial charge in [-0.1, -0.05) is 34.9 Å². The molecule has 0 bridgehead atoms. The van der Waals surface area contributed by atoms with E-state index in [2.05, 4.69) is 0 Å². The number of benzene rings is 1. The molecule has 0 aliphatic rings. The number of nitrogens with zero attached hydrogens (tertiary/aromatic N) is 1. The highest BCUT2D eigenvalue weighted by Crippen LogP contribution is 2.04. The molecule has 0 aliphatic carbocycles. The average molecular weight is 280 g/mol. The van der Waals surface area contributed by atoms with E-state index in [9.17, 15) is 4.79 Å². The lowest BCUT2D eigenvalue weighted by molar-refractivity contribution is -0.586. The smallest absolute Gasteiger partial charge is 0.602 e. The number of pyridine rings is 1. The van der Waals surface area contributed by atoms with Crippen molar-refractivity contribution in [1.82, 2.24) is 0 Å². The molecule has 1 heterocycles. The zero-order valence-electron chi connectivity index (χ0n) is 10.5. The summed E-state index contributed by atoms with van der Waals surface area (Å²) in [6.07, 6.45) is 2.79. The predicted molar refractivity (Wildman–Crippen MR) is 65.2 cm³/mol. The quantitative estimate of drug-likeness (QED) is 0.689. The van der Waals surface area contributed by atoms with Crippen LogP contribution >= 0.6 is 0 Å². The molecule has 0 aliphatic heterocycles. The Labute approximate surface area is 118 Å². The van der Waals surface area contributed by atoms with Gasteiger partial charge in [0.2, 0.25) is 0 Å². The van der Waals surface area contributed by atoms with Gasteiger partial charge in [0.25, 0.3) is 0 Å². The number of hydrogen-bond acceptors (Lipinski definition) is 3. The molecule has 0 saturated heterocycles. The lowest BCUT2D eigenvalue weighted by Crippen LogP contribution is -3.00. The van der Waals surface area contributed by atoms with Crippen molar-refractivity contribution < 1.29 is 31.2 Å². The van der Waals surface area contributed by atoms with Crippen LogP contribution in [-0.2, 0) is 11.3 Å². The van der Waals surface area contributed by atoms with Crippen LogP contribution in [0.4, 0.5) is 4.79 Å². The van der Waals surface area contributed by atoms with Gasteiger partial charge in [0.1, 0.15) is 12.4 Å². The topological polar surface area (TPSA) is 39.4 Å². The Morgan fingerprint density at radius 2 is 1.74 bits per heavy atom. The molecule has 0 radical (unpaired) electrons. The van der Waals surface area contributed by atoms with E-state index in [1.807, 2.05) is 30.3 Å². The Hall–Kier alpha value is -2.07. The van der Waals surface area contributed by atoms with Gasteiger partial charge in [0, 0.05) is 12.1 Å².